The summed E-state index contributed by atoms with van der Waals surface area (Å²) in [5, 5.41) is 11.6. The highest BCUT2D eigenvalue weighted by molar-refractivity contribution is 7.10. The van der Waals surface area contributed by atoms with E-state index in [2.05, 4.69) is 34.2 Å². The Balaban J connectivity index is 1.96. The summed E-state index contributed by atoms with van der Waals surface area (Å²) in [4.78, 5) is 6.14. The van der Waals surface area contributed by atoms with Crippen LogP contribution in [-0.2, 0) is 0 Å². The molecule has 0 saturated carbocycles. The molecule has 0 aliphatic carbocycles. The van der Waals surface area contributed by atoms with Crippen molar-refractivity contribution in [1.82, 2.24) is 9.80 Å². The summed E-state index contributed by atoms with van der Waals surface area (Å²) in [6.45, 7) is 7.95. The third kappa shape index (κ3) is 2.63. The molecule has 4 heteroatoms. The van der Waals surface area contributed by atoms with Crippen molar-refractivity contribution in [2.24, 2.45) is 0 Å². The first-order valence-corrected chi connectivity index (χ1v) is 6.83. The van der Waals surface area contributed by atoms with Crippen molar-refractivity contribution >= 4 is 11.3 Å². The molecule has 1 aliphatic heterocycles. The minimum absolute atomic E-state index is 0.207. The molecule has 1 saturated heterocycles. The van der Waals surface area contributed by atoms with Gasteiger partial charge in [0.05, 0.1) is 12.6 Å². The number of nitrogens with zero attached hydrogens (tertiary/aromatic N) is 2. The van der Waals surface area contributed by atoms with Gasteiger partial charge in [-0.05, 0) is 18.0 Å². The first-order valence-electron chi connectivity index (χ1n) is 5.95. The monoisotopic (exact) mass is 240 g/mol. The SMILES string of the molecule is CCN1CCN(C(CO)c2cccs2)CC1. The summed E-state index contributed by atoms with van der Waals surface area (Å²) in [6, 6.07) is 4.39. The number of likely N-dealkylation sites (N-methyl/N-ethyl adjacent to an activating group) is 1. The number of hydrogen-bond donors (Lipinski definition) is 1. The Morgan fingerprint density at radius 3 is 2.62 bits per heavy atom. The fourth-order valence-electron chi connectivity index (χ4n) is 2.26. The van der Waals surface area contributed by atoms with E-state index >= 15 is 0 Å². The highest BCUT2D eigenvalue weighted by Crippen LogP contribution is 2.25. The molecular weight excluding hydrogens is 220 g/mol. The lowest BCUT2D eigenvalue weighted by Crippen LogP contribution is -2.47. The Kier molecular flexibility index (Phi) is 4.35. The number of aliphatic hydroxyl groups is 1. The van der Waals surface area contributed by atoms with Crippen molar-refractivity contribution in [3.05, 3.63) is 22.4 Å². The van der Waals surface area contributed by atoms with Crippen LogP contribution in [0.1, 0.15) is 17.8 Å². The summed E-state index contributed by atoms with van der Waals surface area (Å²) in [6.07, 6.45) is 0. The fraction of sp³-hybridized carbons (Fsp3) is 0.667. The third-order valence-corrected chi connectivity index (χ3v) is 4.31. The zero-order valence-corrected chi connectivity index (χ0v) is 10.6. The predicted octanol–water partition coefficient (Wildman–Crippen LogP) is 1.42. The van der Waals surface area contributed by atoms with Gasteiger partial charge in [-0.2, -0.15) is 0 Å². The van der Waals surface area contributed by atoms with Crippen LogP contribution in [-0.4, -0.2) is 54.2 Å². The second kappa shape index (κ2) is 5.77. The lowest BCUT2D eigenvalue weighted by molar-refractivity contribution is 0.0688. The van der Waals surface area contributed by atoms with E-state index < -0.39 is 0 Å². The van der Waals surface area contributed by atoms with Crippen molar-refractivity contribution in [3.63, 3.8) is 0 Å². The van der Waals surface area contributed by atoms with E-state index in [4.69, 9.17) is 0 Å². The van der Waals surface area contributed by atoms with Crippen LogP contribution in [0.25, 0.3) is 0 Å². The predicted molar refractivity (Wildman–Crippen MR) is 67.8 cm³/mol. The number of piperazine rings is 1. The van der Waals surface area contributed by atoms with Crippen LogP contribution in [0.3, 0.4) is 0 Å². The molecule has 0 radical (unpaired) electrons. The largest absolute Gasteiger partial charge is 0.394 e. The van der Waals surface area contributed by atoms with Gasteiger partial charge in [0, 0.05) is 31.1 Å². The zero-order valence-electron chi connectivity index (χ0n) is 9.80. The van der Waals surface area contributed by atoms with Gasteiger partial charge in [-0.1, -0.05) is 13.0 Å². The lowest BCUT2D eigenvalue weighted by Gasteiger charge is -2.37. The van der Waals surface area contributed by atoms with Gasteiger partial charge in [-0.3, -0.25) is 4.90 Å². The normalized spacial score (nSPS) is 21.1. The van der Waals surface area contributed by atoms with Gasteiger partial charge in [-0.15, -0.1) is 11.3 Å². The molecule has 1 unspecified atom stereocenters. The minimum atomic E-state index is 0.207. The molecule has 2 heterocycles. The van der Waals surface area contributed by atoms with E-state index in [1.54, 1.807) is 11.3 Å². The van der Waals surface area contributed by atoms with Crippen molar-refractivity contribution in [2.75, 3.05) is 39.3 Å². The van der Waals surface area contributed by atoms with Gasteiger partial charge in [0.15, 0.2) is 0 Å². The summed E-state index contributed by atoms with van der Waals surface area (Å²) in [7, 11) is 0. The summed E-state index contributed by atoms with van der Waals surface area (Å²) >= 11 is 1.74. The molecule has 3 nitrogen and oxygen atoms in total. The molecule has 0 aromatic carbocycles. The summed E-state index contributed by atoms with van der Waals surface area (Å²) < 4.78 is 0. The Bertz CT molecular complexity index is 294. The molecular formula is C12H20N2OS. The van der Waals surface area contributed by atoms with E-state index in [1.165, 1.54) is 4.88 Å². The Hall–Kier alpha value is -0.420. The van der Waals surface area contributed by atoms with Gasteiger partial charge in [0.2, 0.25) is 0 Å². The molecule has 1 fully saturated rings. The average Bonchev–Trinajstić information content (AvgIpc) is 2.85. The van der Waals surface area contributed by atoms with Crippen molar-refractivity contribution < 1.29 is 5.11 Å². The second-order valence-electron chi connectivity index (χ2n) is 4.18. The average molecular weight is 240 g/mol. The van der Waals surface area contributed by atoms with E-state index in [0.717, 1.165) is 32.7 Å². The van der Waals surface area contributed by atoms with Gasteiger partial charge in [0.25, 0.3) is 0 Å². The molecule has 2 rings (SSSR count). The highest BCUT2D eigenvalue weighted by Gasteiger charge is 2.24. The molecule has 1 N–H and O–H groups in total. The summed E-state index contributed by atoms with van der Waals surface area (Å²) in [5.74, 6) is 0. The zero-order chi connectivity index (χ0) is 11.4. The van der Waals surface area contributed by atoms with Crippen LogP contribution >= 0.6 is 11.3 Å². The highest BCUT2D eigenvalue weighted by atomic mass is 32.1. The quantitative estimate of drug-likeness (QED) is 0.862. The van der Waals surface area contributed by atoms with Crippen LogP contribution in [0.2, 0.25) is 0 Å². The maximum atomic E-state index is 9.52. The molecule has 0 bridgehead atoms. The topological polar surface area (TPSA) is 26.7 Å². The van der Waals surface area contributed by atoms with Gasteiger partial charge in [-0.25, -0.2) is 0 Å². The van der Waals surface area contributed by atoms with E-state index in [9.17, 15) is 5.11 Å². The molecule has 0 amide bonds. The molecule has 1 aliphatic rings. The van der Waals surface area contributed by atoms with Crippen LogP contribution < -0.4 is 0 Å². The Morgan fingerprint density at radius 1 is 1.38 bits per heavy atom. The van der Waals surface area contributed by atoms with Crippen LogP contribution in [0, 0.1) is 0 Å². The molecule has 0 spiro atoms. The maximum Gasteiger partial charge on any atom is 0.0675 e. The molecule has 1 aromatic rings. The second-order valence-corrected chi connectivity index (χ2v) is 5.16. The number of hydrogen-bond acceptors (Lipinski definition) is 4. The fourth-order valence-corrected chi connectivity index (χ4v) is 3.11. The smallest absolute Gasteiger partial charge is 0.0675 e. The van der Waals surface area contributed by atoms with Crippen molar-refractivity contribution in [2.45, 2.75) is 13.0 Å². The van der Waals surface area contributed by atoms with Crippen LogP contribution in [0.5, 0.6) is 0 Å². The van der Waals surface area contributed by atoms with Gasteiger partial charge in [0.1, 0.15) is 0 Å². The van der Waals surface area contributed by atoms with Crippen molar-refractivity contribution in [1.29, 1.82) is 0 Å². The lowest BCUT2D eigenvalue weighted by atomic mass is 10.2. The van der Waals surface area contributed by atoms with Crippen molar-refractivity contribution in [3.8, 4) is 0 Å². The maximum absolute atomic E-state index is 9.52. The minimum Gasteiger partial charge on any atom is -0.394 e. The van der Waals surface area contributed by atoms with Gasteiger partial charge < -0.3 is 10.0 Å². The van der Waals surface area contributed by atoms with E-state index in [-0.39, 0.29) is 12.6 Å². The van der Waals surface area contributed by atoms with Crippen LogP contribution in [0.4, 0.5) is 0 Å². The van der Waals surface area contributed by atoms with Gasteiger partial charge >= 0.3 is 0 Å². The standard InChI is InChI=1S/C12H20N2OS/c1-2-13-5-7-14(8-6-13)11(10-15)12-4-3-9-16-12/h3-4,9,11,15H,2,5-8,10H2,1H3. The van der Waals surface area contributed by atoms with E-state index in [1.807, 2.05) is 0 Å². The number of thiophene rings is 1. The Morgan fingerprint density at radius 2 is 2.12 bits per heavy atom. The van der Waals surface area contributed by atoms with E-state index in [0.29, 0.717) is 0 Å². The Labute approximate surface area is 101 Å². The molecule has 16 heavy (non-hydrogen) atoms. The molecule has 90 valence electrons. The van der Waals surface area contributed by atoms with Crippen LogP contribution in [0.15, 0.2) is 17.5 Å². The molecule has 1 atom stereocenters. The molecule has 1 aromatic heterocycles. The number of rotatable bonds is 4. The summed E-state index contributed by atoms with van der Waals surface area (Å²) in [5.41, 5.74) is 0. The first-order chi connectivity index (χ1) is 7.85. The number of aliphatic hydroxyl groups excluding tert-OH is 1. The third-order valence-electron chi connectivity index (χ3n) is 3.34. The first kappa shape index (κ1) is 12.0.